The molecule has 2 aromatic rings. The van der Waals surface area contributed by atoms with Crippen molar-refractivity contribution in [3.63, 3.8) is 0 Å². The average molecular weight is 407 g/mol. The highest BCUT2D eigenvalue weighted by molar-refractivity contribution is 7.92. The minimum absolute atomic E-state index is 0.0652. The van der Waals surface area contributed by atoms with Crippen molar-refractivity contribution >= 4 is 27.4 Å². The Morgan fingerprint density at radius 2 is 1.57 bits per heavy atom. The Balaban J connectivity index is 2.08. The van der Waals surface area contributed by atoms with Gasteiger partial charge in [0.2, 0.25) is 0 Å². The zero-order valence-corrected chi connectivity index (χ0v) is 17.1. The number of hydrogen-bond acceptors (Lipinski definition) is 5. The molecule has 0 aliphatic heterocycles. The van der Waals surface area contributed by atoms with E-state index in [1.165, 1.54) is 44.6 Å². The van der Waals surface area contributed by atoms with Gasteiger partial charge in [0.05, 0.1) is 24.8 Å². The van der Waals surface area contributed by atoms with Gasteiger partial charge in [-0.3, -0.25) is 4.72 Å². The smallest absolute Gasteiger partial charge is 0.319 e. The predicted molar refractivity (Wildman–Crippen MR) is 109 cm³/mol. The van der Waals surface area contributed by atoms with E-state index in [2.05, 4.69) is 15.4 Å². The topological polar surface area (TPSA) is 106 Å². The molecule has 0 bridgehead atoms. The van der Waals surface area contributed by atoms with Gasteiger partial charge in [0.1, 0.15) is 0 Å². The third-order valence-corrected chi connectivity index (χ3v) is 5.13. The second-order valence-corrected chi connectivity index (χ2v) is 8.11. The molecular formula is C19H25N3O5S. The Labute approximate surface area is 165 Å². The van der Waals surface area contributed by atoms with Gasteiger partial charge in [0, 0.05) is 18.3 Å². The number of methoxy groups -OCH3 is 2. The normalized spacial score (nSPS) is 11.0. The molecule has 0 aliphatic carbocycles. The van der Waals surface area contributed by atoms with Gasteiger partial charge in [-0.1, -0.05) is 13.8 Å². The zero-order valence-electron chi connectivity index (χ0n) is 16.3. The maximum atomic E-state index is 12.6. The van der Waals surface area contributed by atoms with E-state index in [9.17, 15) is 13.2 Å². The lowest BCUT2D eigenvalue weighted by molar-refractivity contribution is 0.251. The number of urea groups is 1. The van der Waals surface area contributed by atoms with Crippen molar-refractivity contribution in [1.29, 1.82) is 0 Å². The largest absolute Gasteiger partial charge is 0.493 e. The Kier molecular flexibility index (Phi) is 7.11. The molecule has 0 aliphatic rings. The highest BCUT2D eigenvalue weighted by Gasteiger charge is 2.16. The molecule has 0 unspecified atom stereocenters. The first-order chi connectivity index (χ1) is 13.2. The van der Waals surface area contributed by atoms with Crippen molar-refractivity contribution in [3.8, 4) is 11.5 Å². The van der Waals surface area contributed by atoms with Crippen LogP contribution in [0.5, 0.6) is 11.5 Å². The number of carbonyl (C=O) groups excluding carboxylic acids is 1. The summed E-state index contributed by atoms with van der Waals surface area (Å²) in [6.07, 6.45) is 0. The quantitative estimate of drug-likeness (QED) is 0.623. The molecule has 0 aromatic heterocycles. The molecule has 2 aromatic carbocycles. The SMILES string of the molecule is COc1ccc(NS(=O)(=O)c2ccc(NC(=O)NCC(C)C)cc2)cc1OC. The second kappa shape index (κ2) is 9.32. The van der Waals surface area contributed by atoms with Gasteiger partial charge in [0.15, 0.2) is 11.5 Å². The molecule has 9 heteroatoms. The maximum Gasteiger partial charge on any atom is 0.319 e. The van der Waals surface area contributed by atoms with Gasteiger partial charge < -0.3 is 20.1 Å². The van der Waals surface area contributed by atoms with Crippen LogP contribution < -0.4 is 24.8 Å². The molecule has 0 fully saturated rings. The number of anilines is 2. The fourth-order valence-corrected chi connectivity index (χ4v) is 3.35. The van der Waals surface area contributed by atoms with Crippen molar-refractivity contribution in [1.82, 2.24) is 5.32 Å². The van der Waals surface area contributed by atoms with E-state index < -0.39 is 10.0 Å². The average Bonchev–Trinajstić information content (AvgIpc) is 2.66. The third-order valence-electron chi connectivity index (χ3n) is 3.73. The molecular weight excluding hydrogens is 382 g/mol. The van der Waals surface area contributed by atoms with Crippen LogP contribution in [0.2, 0.25) is 0 Å². The first kappa shape index (κ1) is 21.4. The van der Waals surface area contributed by atoms with E-state index in [-0.39, 0.29) is 10.9 Å². The highest BCUT2D eigenvalue weighted by atomic mass is 32.2. The molecule has 0 heterocycles. The molecule has 2 amide bonds. The number of rotatable bonds is 8. The summed E-state index contributed by atoms with van der Waals surface area (Å²) in [7, 11) is -0.827. The summed E-state index contributed by atoms with van der Waals surface area (Å²) in [5.74, 6) is 1.24. The molecule has 2 rings (SSSR count). The van der Waals surface area contributed by atoms with Crippen LogP contribution in [0.3, 0.4) is 0 Å². The van der Waals surface area contributed by atoms with Crippen LogP contribution in [-0.4, -0.2) is 35.2 Å². The number of amides is 2. The monoisotopic (exact) mass is 407 g/mol. The van der Waals surface area contributed by atoms with Crippen molar-refractivity contribution in [3.05, 3.63) is 42.5 Å². The van der Waals surface area contributed by atoms with Gasteiger partial charge >= 0.3 is 6.03 Å². The molecule has 0 saturated heterocycles. The number of sulfonamides is 1. The van der Waals surface area contributed by atoms with E-state index in [4.69, 9.17) is 9.47 Å². The summed E-state index contributed by atoms with van der Waals surface area (Å²) in [4.78, 5) is 11.8. The lowest BCUT2D eigenvalue weighted by Gasteiger charge is -2.12. The first-order valence-electron chi connectivity index (χ1n) is 8.65. The Hall–Kier alpha value is -2.94. The van der Waals surface area contributed by atoms with Gasteiger partial charge in [-0.25, -0.2) is 13.2 Å². The van der Waals surface area contributed by atoms with E-state index >= 15 is 0 Å². The maximum absolute atomic E-state index is 12.6. The third kappa shape index (κ3) is 5.78. The molecule has 0 spiro atoms. The summed E-state index contributed by atoms with van der Waals surface area (Å²) < 4.78 is 38.0. The number of ether oxygens (including phenoxy) is 2. The Bertz CT molecular complexity index is 912. The van der Waals surface area contributed by atoms with Crippen molar-refractivity contribution in [2.45, 2.75) is 18.7 Å². The van der Waals surface area contributed by atoms with E-state index in [1.54, 1.807) is 12.1 Å². The van der Waals surface area contributed by atoms with Crippen LogP contribution in [0.1, 0.15) is 13.8 Å². The molecule has 0 atom stereocenters. The Morgan fingerprint density at radius 1 is 0.964 bits per heavy atom. The van der Waals surface area contributed by atoms with Crippen LogP contribution in [0.25, 0.3) is 0 Å². The number of hydrogen-bond donors (Lipinski definition) is 3. The molecule has 3 N–H and O–H groups in total. The minimum atomic E-state index is -3.80. The molecule has 0 saturated carbocycles. The van der Waals surface area contributed by atoms with Gasteiger partial charge in [-0.15, -0.1) is 0 Å². The van der Waals surface area contributed by atoms with Crippen molar-refractivity contribution in [2.75, 3.05) is 30.8 Å². The molecule has 28 heavy (non-hydrogen) atoms. The lowest BCUT2D eigenvalue weighted by Crippen LogP contribution is -2.31. The molecule has 8 nitrogen and oxygen atoms in total. The van der Waals surface area contributed by atoms with Crippen molar-refractivity contribution in [2.24, 2.45) is 5.92 Å². The standard InChI is InChI=1S/C19H25N3O5S/c1-13(2)12-20-19(23)21-14-5-8-16(9-6-14)28(24,25)22-15-7-10-17(26-3)18(11-15)27-4/h5-11,13,22H,12H2,1-4H3,(H2,20,21,23). The summed E-state index contributed by atoms with van der Waals surface area (Å²) in [6.45, 7) is 4.53. The van der Waals surface area contributed by atoms with Crippen LogP contribution in [0.4, 0.5) is 16.2 Å². The second-order valence-electron chi connectivity index (χ2n) is 6.43. The highest BCUT2D eigenvalue weighted by Crippen LogP contribution is 2.30. The molecule has 0 radical (unpaired) electrons. The first-order valence-corrected chi connectivity index (χ1v) is 10.1. The fourth-order valence-electron chi connectivity index (χ4n) is 2.30. The van der Waals surface area contributed by atoms with E-state index in [0.29, 0.717) is 35.3 Å². The summed E-state index contributed by atoms with van der Waals surface area (Å²) in [5.41, 5.74) is 0.833. The zero-order chi connectivity index (χ0) is 20.7. The predicted octanol–water partition coefficient (Wildman–Crippen LogP) is 3.28. The number of benzene rings is 2. The van der Waals surface area contributed by atoms with Crippen LogP contribution in [0.15, 0.2) is 47.4 Å². The fraction of sp³-hybridized carbons (Fsp3) is 0.316. The summed E-state index contributed by atoms with van der Waals surface area (Å²) in [6, 6.07) is 10.3. The van der Waals surface area contributed by atoms with Crippen LogP contribution in [-0.2, 0) is 10.0 Å². The van der Waals surface area contributed by atoms with Crippen LogP contribution in [0, 0.1) is 5.92 Å². The number of carbonyl (C=O) groups is 1. The van der Waals surface area contributed by atoms with E-state index in [1.807, 2.05) is 13.8 Å². The summed E-state index contributed by atoms with van der Waals surface area (Å²) >= 11 is 0. The summed E-state index contributed by atoms with van der Waals surface area (Å²) in [5, 5.41) is 5.38. The number of nitrogens with one attached hydrogen (secondary N) is 3. The van der Waals surface area contributed by atoms with Gasteiger partial charge in [-0.2, -0.15) is 0 Å². The van der Waals surface area contributed by atoms with Gasteiger partial charge in [-0.05, 0) is 42.3 Å². The van der Waals surface area contributed by atoms with E-state index in [0.717, 1.165) is 0 Å². The van der Waals surface area contributed by atoms with Crippen molar-refractivity contribution < 1.29 is 22.7 Å². The Morgan fingerprint density at radius 3 is 2.14 bits per heavy atom. The lowest BCUT2D eigenvalue weighted by atomic mass is 10.2. The van der Waals surface area contributed by atoms with Gasteiger partial charge in [0.25, 0.3) is 10.0 Å². The minimum Gasteiger partial charge on any atom is -0.493 e. The molecule has 152 valence electrons. The van der Waals surface area contributed by atoms with Crippen LogP contribution >= 0.6 is 0 Å².